The van der Waals surface area contributed by atoms with E-state index >= 15 is 0 Å². The van der Waals surface area contributed by atoms with Crippen LogP contribution in [-0.2, 0) is 14.6 Å². The topological polar surface area (TPSA) is 63.2 Å². The quantitative estimate of drug-likeness (QED) is 0.850. The summed E-state index contributed by atoms with van der Waals surface area (Å²) in [4.78, 5) is 12.3. The molecule has 2 aliphatic rings. The third-order valence-corrected chi connectivity index (χ3v) is 6.58. The minimum atomic E-state index is -2.98. The van der Waals surface area contributed by atoms with E-state index < -0.39 is 9.84 Å². The van der Waals surface area contributed by atoms with E-state index in [1.54, 1.807) is 0 Å². The van der Waals surface area contributed by atoms with Crippen LogP contribution in [0.2, 0.25) is 0 Å². The van der Waals surface area contributed by atoms with Crippen LogP contribution >= 0.6 is 0 Å². The van der Waals surface area contributed by atoms with Crippen LogP contribution in [-0.4, -0.2) is 31.9 Å². The molecule has 3 atom stereocenters. The average Bonchev–Trinajstić information content (AvgIpc) is 2.69. The maximum atomic E-state index is 12.3. The van der Waals surface area contributed by atoms with E-state index in [2.05, 4.69) is 26.1 Å². The third-order valence-electron chi connectivity index (χ3n) is 4.81. The number of carbonyl (C=O) groups excluding carboxylic acids is 1. The lowest BCUT2D eigenvalue weighted by Crippen LogP contribution is -2.48. The first-order valence-electron chi connectivity index (χ1n) is 7.70. The summed E-state index contributed by atoms with van der Waals surface area (Å²) in [7, 11) is -2.98. The lowest BCUT2D eigenvalue weighted by atomic mass is 9.69. The SMILES string of the molecule is CC(C)(C)[C@@H]1CCCC[C@H]1NC(=O)[C@@H]1CCS(=O)(=O)C1. The predicted octanol–water partition coefficient (Wildman–Crippen LogP) is 2.14. The maximum Gasteiger partial charge on any atom is 0.224 e. The molecule has 1 saturated carbocycles. The molecule has 0 aromatic carbocycles. The van der Waals surface area contributed by atoms with Crippen LogP contribution < -0.4 is 5.32 Å². The highest BCUT2D eigenvalue weighted by atomic mass is 32.2. The first-order chi connectivity index (χ1) is 9.19. The average molecular weight is 301 g/mol. The van der Waals surface area contributed by atoms with Crippen LogP contribution in [0.25, 0.3) is 0 Å². The fourth-order valence-electron chi connectivity index (χ4n) is 3.64. The zero-order valence-electron chi connectivity index (χ0n) is 12.8. The van der Waals surface area contributed by atoms with Gasteiger partial charge in [0.1, 0.15) is 0 Å². The summed E-state index contributed by atoms with van der Waals surface area (Å²) in [6, 6.07) is 0.208. The summed E-state index contributed by atoms with van der Waals surface area (Å²) >= 11 is 0. The van der Waals surface area contributed by atoms with Gasteiger partial charge >= 0.3 is 0 Å². The summed E-state index contributed by atoms with van der Waals surface area (Å²) in [6.07, 6.45) is 5.04. The molecule has 0 bridgehead atoms. The van der Waals surface area contributed by atoms with Crippen molar-refractivity contribution in [1.29, 1.82) is 0 Å². The molecule has 0 aromatic rings. The second-order valence-corrected chi connectivity index (χ2v) is 9.70. The molecule has 0 radical (unpaired) electrons. The van der Waals surface area contributed by atoms with Gasteiger partial charge < -0.3 is 5.32 Å². The van der Waals surface area contributed by atoms with E-state index in [0.717, 1.165) is 19.3 Å². The molecule has 4 nitrogen and oxygen atoms in total. The fourth-order valence-corrected chi connectivity index (χ4v) is 5.38. The summed E-state index contributed by atoms with van der Waals surface area (Å²) < 4.78 is 23.0. The number of carbonyl (C=O) groups is 1. The Bertz CT molecular complexity index is 464. The van der Waals surface area contributed by atoms with Crippen LogP contribution in [0.1, 0.15) is 52.9 Å². The van der Waals surface area contributed by atoms with E-state index in [9.17, 15) is 13.2 Å². The molecular formula is C15H27NO3S. The Balaban J connectivity index is 1.99. The molecule has 1 heterocycles. The monoisotopic (exact) mass is 301 g/mol. The highest BCUT2D eigenvalue weighted by molar-refractivity contribution is 7.91. The van der Waals surface area contributed by atoms with Crippen molar-refractivity contribution in [2.75, 3.05) is 11.5 Å². The molecule has 1 aliphatic carbocycles. The van der Waals surface area contributed by atoms with Gasteiger partial charge in [-0.25, -0.2) is 8.42 Å². The lowest BCUT2D eigenvalue weighted by molar-refractivity contribution is -0.126. The molecule has 2 rings (SSSR count). The molecule has 1 N–H and O–H groups in total. The Labute approximate surface area is 122 Å². The molecular weight excluding hydrogens is 274 g/mol. The highest BCUT2D eigenvalue weighted by Crippen LogP contribution is 2.38. The van der Waals surface area contributed by atoms with E-state index in [1.165, 1.54) is 6.42 Å². The third kappa shape index (κ3) is 3.74. The van der Waals surface area contributed by atoms with Gasteiger partial charge in [0.2, 0.25) is 5.91 Å². The largest absolute Gasteiger partial charge is 0.353 e. The Hall–Kier alpha value is -0.580. The van der Waals surface area contributed by atoms with E-state index in [0.29, 0.717) is 12.3 Å². The summed E-state index contributed by atoms with van der Waals surface area (Å²) in [5.74, 6) is 0.303. The van der Waals surface area contributed by atoms with E-state index in [4.69, 9.17) is 0 Å². The number of hydrogen-bond acceptors (Lipinski definition) is 3. The Morgan fingerprint density at radius 3 is 2.30 bits per heavy atom. The zero-order valence-corrected chi connectivity index (χ0v) is 13.6. The van der Waals surface area contributed by atoms with Crippen molar-refractivity contribution >= 4 is 15.7 Å². The molecule has 1 saturated heterocycles. The summed E-state index contributed by atoms with van der Waals surface area (Å²) in [6.45, 7) is 6.67. The van der Waals surface area contributed by atoms with Crippen LogP contribution in [0, 0.1) is 17.3 Å². The van der Waals surface area contributed by atoms with Crippen LogP contribution in [0.4, 0.5) is 0 Å². The molecule has 1 amide bonds. The fraction of sp³-hybridized carbons (Fsp3) is 0.933. The summed E-state index contributed by atoms with van der Waals surface area (Å²) in [5, 5.41) is 3.15. The second-order valence-electron chi connectivity index (χ2n) is 7.47. The van der Waals surface area contributed by atoms with Crippen molar-refractivity contribution in [3.63, 3.8) is 0 Å². The van der Waals surface area contributed by atoms with Gasteiger partial charge in [-0.3, -0.25) is 4.79 Å². The van der Waals surface area contributed by atoms with Gasteiger partial charge in [0, 0.05) is 6.04 Å². The molecule has 116 valence electrons. The minimum absolute atomic E-state index is 0.0335. The van der Waals surface area contributed by atoms with Crippen LogP contribution in [0.3, 0.4) is 0 Å². The highest BCUT2D eigenvalue weighted by Gasteiger charge is 2.38. The smallest absolute Gasteiger partial charge is 0.224 e. The van der Waals surface area contributed by atoms with Crippen molar-refractivity contribution < 1.29 is 13.2 Å². The normalized spacial score (nSPS) is 33.9. The zero-order chi connectivity index (χ0) is 15.0. The molecule has 5 heteroatoms. The lowest BCUT2D eigenvalue weighted by Gasteiger charge is -2.41. The maximum absolute atomic E-state index is 12.3. The van der Waals surface area contributed by atoms with Gasteiger partial charge in [-0.2, -0.15) is 0 Å². The number of rotatable bonds is 2. The van der Waals surface area contributed by atoms with Crippen molar-refractivity contribution in [3.05, 3.63) is 0 Å². The Morgan fingerprint density at radius 1 is 1.10 bits per heavy atom. The predicted molar refractivity (Wildman–Crippen MR) is 80.1 cm³/mol. The van der Waals surface area contributed by atoms with Gasteiger partial charge in [-0.15, -0.1) is 0 Å². The summed E-state index contributed by atoms with van der Waals surface area (Å²) in [5.41, 5.74) is 0.181. The van der Waals surface area contributed by atoms with Crippen LogP contribution in [0.5, 0.6) is 0 Å². The first kappa shape index (κ1) is 15.8. The molecule has 20 heavy (non-hydrogen) atoms. The Kier molecular flexibility index (Phi) is 4.47. The molecule has 0 unspecified atom stereocenters. The van der Waals surface area contributed by atoms with Crippen molar-refractivity contribution in [3.8, 4) is 0 Å². The van der Waals surface area contributed by atoms with Gasteiger partial charge in [-0.1, -0.05) is 33.6 Å². The van der Waals surface area contributed by atoms with Crippen molar-refractivity contribution in [2.24, 2.45) is 17.3 Å². The minimum Gasteiger partial charge on any atom is -0.353 e. The molecule has 2 fully saturated rings. The Morgan fingerprint density at radius 2 is 1.75 bits per heavy atom. The number of hydrogen-bond donors (Lipinski definition) is 1. The molecule has 0 aromatic heterocycles. The number of nitrogens with one attached hydrogen (secondary N) is 1. The van der Waals surface area contributed by atoms with Gasteiger partial charge in [-0.05, 0) is 30.6 Å². The standard InChI is InChI=1S/C15H27NO3S/c1-15(2,3)12-6-4-5-7-13(12)16-14(17)11-8-9-20(18,19)10-11/h11-13H,4-10H2,1-3H3,(H,16,17)/t11-,12-,13-/m1/s1. The van der Waals surface area contributed by atoms with E-state index in [1.807, 2.05) is 0 Å². The van der Waals surface area contributed by atoms with Gasteiger partial charge in [0.05, 0.1) is 17.4 Å². The van der Waals surface area contributed by atoms with E-state index in [-0.39, 0.29) is 34.8 Å². The second kappa shape index (κ2) is 5.66. The molecule has 0 spiro atoms. The van der Waals surface area contributed by atoms with Crippen LogP contribution in [0.15, 0.2) is 0 Å². The van der Waals surface area contributed by atoms with Gasteiger partial charge in [0.15, 0.2) is 9.84 Å². The van der Waals surface area contributed by atoms with Crippen molar-refractivity contribution in [1.82, 2.24) is 5.32 Å². The molecule has 1 aliphatic heterocycles. The van der Waals surface area contributed by atoms with Crippen molar-refractivity contribution in [2.45, 2.75) is 58.9 Å². The number of amides is 1. The first-order valence-corrected chi connectivity index (χ1v) is 9.52. The number of sulfone groups is 1. The van der Waals surface area contributed by atoms with Gasteiger partial charge in [0.25, 0.3) is 0 Å².